The number of para-hydroxylation sites is 2. The van der Waals surface area contributed by atoms with Crippen LogP contribution in [0.3, 0.4) is 0 Å². The highest BCUT2D eigenvalue weighted by Gasteiger charge is 2.62. The van der Waals surface area contributed by atoms with Crippen molar-refractivity contribution in [2.24, 2.45) is 0 Å². The van der Waals surface area contributed by atoms with Crippen LogP contribution >= 0.6 is 0 Å². The summed E-state index contributed by atoms with van der Waals surface area (Å²) in [5, 5.41) is 10.0. The van der Waals surface area contributed by atoms with Crippen LogP contribution in [0.2, 0.25) is 19.6 Å². The molecule has 5 heteroatoms. The van der Waals surface area contributed by atoms with Crippen LogP contribution in [0.15, 0.2) is 109 Å². The Morgan fingerprint density at radius 1 is 0.694 bits per heavy atom. The molecular formula is C31H32O4Si. The van der Waals surface area contributed by atoms with Crippen LogP contribution in [0.25, 0.3) is 0 Å². The molecule has 0 atom stereocenters. The van der Waals surface area contributed by atoms with Gasteiger partial charge in [0.05, 0.1) is 13.2 Å². The van der Waals surface area contributed by atoms with E-state index in [2.05, 4.69) is 56.0 Å². The first-order valence-electron chi connectivity index (χ1n) is 12.4. The molecule has 184 valence electrons. The first-order valence-corrected chi connectivity index (χ1v) is 15.8. The predicted molar refractivity (Wildman–Crippen MR) is 145 cm³/mol. The van der Waals surface area contributed by atoms with E-state index in [0.29, 0.717) is 0 Å². The molecule has 4 nitrogen and oxygen atoms in total. The van der Waals surface area contributed by atoms with Gasteiger partial charge in [0.15, 0.2) is 19.5 Å². The maximum atomic E-state index is 10.0. The van der Waals surface area contributed by atoms with Gasteiger partial charge in [0.25, 0.3) is 0 Å². The fourth-order valence-electron chi connectivity index (χ4n) is 5.36. The Labute approximate surface area is 214 Å². The standard InChI is InChI=1S/C31H32O4Si/c1-36(2,3)35-31(26-18-10-12-20-28(26)34-29-21-13-11-19-27(29)31)30(33-23-22-32,24-14-6-4-7-15-24)25-16-8-5-9-17-25/h4-21,32H,22-23H2,1-3H3. The molecule has 0 aromatic heterocycles. The van der Waals surface area contributed by atoms with E-state index in [1.807, 2.05) is 72.8 Å². The Morgan fingerprint density at radius 2 is 1.14 bits per heavy atom. The summed E-state index contributed by atoms with van der Waals surface area (Å²) in [5.41, 5.74) is 1.45. The smallest absolute Gasteiger partial charge is 0.185 e. The molecule has 0 saturated carbocycles. The van der Waals surface area contributed by atoms with Gasteiger partial charge in [0.2, 0.25) is 0 Å². The third-order valence-corrected chi connectivity index (χ3v) is 7.40. The van der Waals surface area contributed by atoms with Gasteiger partial charge in [-0.25, -0.2) is 0 Å². The Hall–Kier alpha value is -3.22. The van der Waals surface area contributed by atoms with Crippen molar-refractivity contribution in [3.8, 4) is 11.5 Å². The maximum Gasteiger partial charge on any atom is 0.185 e. The van der Waals surface area contributed by atoms with Crippen molar-refractivity contribution >= 4 is 8.32 Å². The first kappa shape index (κ1) is 24.5. The second kappa shape index (κ2) is 9.68. The molecule has 1 N–H and O–H groups in total. The Balaban J connectivity index is 2.01. The molecule has 0 unspecified atom stereocenters. The lowest BCUT2D eigenvalue weighted by Gasteiger charge is -2.55. The molecule has 0 radical (unpaired) electrons. The quantitative estimate of drug-likeness (QED) is 0.271. The minimum absolute atomic E-state index is 0.121. The highest BCUT2D eigenvalue weighted by Crippen LogP contribution is 2.61. The zero-order valence-electron chi connectivity index (χ0n) is 21.0. The number of aliphatic hydroxyl groups is 1. The summed E-state index contributed by atoms with van der Waals surface area (Å²) in [6.45, 7) is 6.60. The van der Waals surface area contributed by atoms with E-state index < -0.39 is 19.5 Å². The summed E-state index contributed by atoms with van der Waals surface area (Å²) >= 11 is 0. The minimum Gasteiger partial charge on any atom is -0.457 e. The summed E-state index contributed by atoms with van der Waals surface area (Å²) in [4.78, 5) is 0. The van der Waals surface area contributed by atoms with Gasteiger partial charge in [-0.05, 0) is 42.9 Å². The molecule has 0 saturated heterocycles. The zero-order valence-corrected chi connectivity index (χ0v) is 22.0. The van der Waals surface area contributed by atoms with Gasteiger partial charge in [-0.15, -0.1) is 0 Å². The largest absolute Gasteiger partial charge is 0.457 e. The van der Waals surface area contributed by atoms with Crippen LogP contribution in [0.5, 0.6) is 11.5 Å². The summed E-state index contributed by atoms with van der Waals surface area (Å²) in [5.74, 6) is 1.47. The van der Waals surface area contributed by atoms with Crippen LogP contribution < -0.4 is 4.74 Å². The summed E-state index contributed by atoms with van der Waals surface area (Å²) in [6, 6.07) is 36.6. The van der Waals surface area contributed by atoms with Crippen LogP contribution in [-0.2, 0) is 20.4 Å². The van der Waals surface area contributed by atoms with E-state index in [-0.39, 0.29) is 13.2 Å². The minimum atomic E-state index is -2.27. The SMILES string of the molecule is C[Si](C)(C)OC1(C(OCCO)(c2ccccc2)c2ccccc2)c2ccccc2Oc2ccccc21. The van der Waals surface area contributed by atoms with Crippen molar-refractivity contribution in [1.29, 1.82) is 0 Å². The van der Waals surface area contributed by atoms with Gasteiger partial charge < -0.3 is 19.0 Å². The van der Waals surface area contributed by atoms with Crippen LogP contribution in [0, 0.1) is 0 Å². The molecular weight excluding hydrogens is 464 g/mol. The first-order chi connectivity index (χ1) is 17.4. The normalized spacial score (nSPS) is 14.4. The Kier molecular flexibility index (Phi) is 6.58. The van der Waals surface area contributed by atoms with Crippen molar-refractivity contribution in [2.75, 3.05) is 13.2 Å². The second-order valence-corrected chi connectivity index (χ2v) is 14.4. The zero-order chi connectivity index (χ0) is 25.2. The monoisotopic (exact) mass is 496 g/mol. The van der Waals surface area contributed by atoms with Gasteiger partial charge in [0, 0.05) is 11.1 Å². The maximum absolute atomic E-state index is 10.0. The Morgan fingerprint density at radius 3 is 1.58 bits per heavy atom. The highest BCUT2D eigenvalue weighted by atomic mass is 28.4. The molecule has 1 aliphatic rings. The molecule has 1 aliphatic heterocycles. The highest BCUT2D eigenvalue weighted by molar-refractivity contribution is 6.69. The average molecular weight is 497 g/mol. The molecule has 5 rings (SSSR count). The fourth-order valence-corrected chi connectivity index (χ4v) is 6.65. The van der Waals surface area contributed by atoms with E-state index in [1.54, 1.807) is 0 Å². The number of aliphatic hydroxyl groups excluding tert-OH is 1. The van der Waals surface area contributed by atoms with Crippen molar-refractivity contribution < 1.29 is 19.0 Å². The third kappa shape index (κ3) is 3.98. The van der Waals surface area contributed by atoms with Crippen LogP contribution in [-0.4, -0.2) is 26.6 Å². The van der Waals surface area contributed by atoms with E-state index in [0.717, 1.165) is 33.8 Å². The van der Waals surface area contributed by atoms with Crippen LogP contribution in [0.4, 0.5) is 0 Å². The second-order valence-electron chi connectivity index (χ2n) is 9.98. The van der Waals surface area contributed by atoms with Crippen molar-refractivity contribution in [2.45, 2.75) is 30.8 Å². The third-order valence-electron chi connectivity index (χ3n) is 6.48. The molecule has 4 aromatic rings. The molecule has 0 amide bonds. The van der Waals surface area contributed by atoms with Gasteiger partial charge in [-0.2, -0.15) is 0 Å². The lowest BCUT2D eigenvalue weighted by molar-refractivity contribution is -0.151. The Bertz CT molecular complexity index is 1230. The van der Waals surface area contributed by atoms with E-state index in [1.165, 1.54) is 0 Å². The van der Waals surface area contributed by atoms with Crippen molar-refractivity contribution in [3.05, 3.63) is 131 Å². The number of ether oxygens (including phenoxy) is 2. The number of hydrogen-bond donors (Lipinski definition) is 1. The summed E-state index contributed by atoms with van der Waals surface area (Å²) in [7, 11) is -2.27. The van der Waals surface area contributed by atoms with E-state index in [4.69, 9.17) is 13.9 Å². The topological polar surface area (TPSA) is 47.9 Å². The molecule has 0 bridgehead atoms. The van der Waals surface area contributed by atoms with Crippen molar-refractivity contribution in [3.63, 3.8) is 0 Å². The molecule has 36 heavy (non-hydrogen) atoms. The van der Waals surface area contributed by atoms with Gasteiger partial charge in [-0.3, -0.25) is 0 Å². The fraction of sp³-hybridized carbons (Fsp3) is 0.226. The number of fused-ring (bicyclic) bond motifs is 2. The van der Waals surface area contributed by atoms with Gasteiger partial charge >= 0.3 is 0 Å². The van der Waals surface area contributed by atoms with Crippen molar-refractivity contribution in [1.82, 2.24) is 0 Å². The number of rotatable bonds is 8. The number of hydrogen-bond acceptors (Lipinski definition) is 4. The summed E-state index contributed by atoms with van der Waals surface area (Å²) < 4.78 is 20.8. The predicted octanol–water partition coefficient (Wildman–Crippen LogP) is 6.84. The molecule has 0 spiro atoms. The van der Waals surface area contributed by atoms with Crippen LogP contribution in [0.1, 0.15) is 22.3 Å². The van der Waals surface area contributed by atoms with Gasteiger partial charge in [-0.1, -0.05) is 97.1 Å². The molecule has 1 heterocycles. The molecule has 0 fully saturated rings. The molecule has 0 aliphatic carbocycles. The number of benzene rings is 4. The lowest BCUT2D eigenvalue weighted by atomic mass is 9.65. The lowest BCUT2D eigenvalue weighted by Crippen LogP contribution is -2.59. The molecule has 4 aromatic carbocycles. The van der Waals surface area contributed by atoms with E-state index in [9.17, 15) is 5.11 Å². The van der Waals surface area contributed by atoms with E-state index >= 15 is 0 Å². The summed E-state index contributed by atoms with van der Waals surface area (Å²) in [6.07, 6.45) is 0. The van der Waals surface area contributed by atoms with Gasteiger partial charge in [0.1, 0.15) is 11.5 Å². The average Bonchev–Trinajstić information content (AvgIpc) is 2.89.